The molecule has 10 heteroatoms. The number of carbonyl (C=O) groups excluding carboxylic acids is 2. The van der Waals surface area contributed by atoms with E-state index in [4.69, 9.17) is 26.3 Å². The number of amides is 2. The highest BCUT2D eigenvalue weighted by atomic mass is 35.5. The molecule has 3 N–H and O–H groups in total. The first-order chi connectivity index (χ1) is 11.8. The average Bonchev–Trinajstić information content (AvgIpc) is 2.53. The van der Waals surface area contributed by atoms with Crippen LogP contribution in [0, 0.1) is 0 Å². The molecule has 0 unspecified atom stereocenters. The number of fused-ring (bicyclic) bond motifs is 1. The molecular weight excluding hydrogens is 372 g/mol. The molecule has 25 heavy (non-hydrogen) atoms. The highest BCUT2D eigenvalue weighted by Crippen LogP contribution is 2.36. The van der Waals surface area contributed by atoms with Gasteiger partial charge in [0.05, 0.1) is 16.3 Å². The molecular formula is C15H11ClN2O6S. The largest absolute Gasteiger partial charge is 0.482 e. The van der Waals surface area contributed by atoms with Crippen molar-refractivity contribution in [3.05, 3.63) is 47.0 Å². The van der Waals surface area contributed by atoms with Crippen LogP contribution in [0.25, 0.3) is 0 Å². The van der Waals surface area contributed by atoms with Crippen LogP contribution >= 0.6 is 11.6 Å². The minimum Gasteiger partial charge on any atom is -0.482 e. The number of benzene rings is 2. The van der Waals surface area contributed by atoms with Gasteiger partial charge in [-0.15, -0.1) is 0 Å². The predicted octanol–water partition coefficient (Wildman–Crippen LogP) is 1.54. The lowest BCUT2D eigenvalue weighted by Crippen LogP contribution is -2.25. The molecule has 0 saturated carbocycles. The van der Waals surface area contributed by atoms with Crippen molar-refractivity contribution in [3.8, 4) is 11.5 Å². The summed E-state index contributed by atoms with van der Waals surface area (Å²) in [6.07, 6.45) is 0. The Morgan fingerprint density at radius 3 is 2.72 bits per heavy atom. The number of hydrogen-bond donors (Lipinski definition) is 2. The third-order valence-electron chi connectivity index (χ3n) is 3.29. The second-order valence-electron chi connectivity index (χ2n) is 5.01. The molecule has 0 radical (unpaired) electrons. The molecule has 0 bridgehead atoms. The molecule has 0 atom stereocenters. The van der Waals surface area contributed by atoms with Crippen LogP contribution in [-0.2, 0) is 14.9 Å². The summed E-state index contributed by atoms with van der Waals surface area (Å²) in [5.41, 5.74) is 5.36. The molecule has 0 aliphatic carbocycles. The fourth-order valence-electron chi connectivity index (χ4n) is 2.18. The first kappa shape index (κ1) is 17.1. The van der Waals surface area contributed by atoms with Gasteiger partial charge < -0.3 is 20.0 Å². The van der Waals surface area contributed by atoms with Crippen molar-refractivity contribution in [3.63, 3.8) is 0 Å². The highest BCUT2D eigenvalue weighted by Gasteiger charge is 2.27. The van der Waals surface area contributed by atoms with Crippen molar-refractivity contribution in [1.29, 1.82) is 0 Å². The number of carbonyl (C=O) groups is 2. The molecule has 0 spiro atoms. The summed E-state index contributed by atoms with van der Waals surface area (Å²) in [4.78, 5) is 22.3. The monoisotopic (exact) mass is 382 g/mol. The fraction of sp³-hybridized carbons (Fsp3) is 0.0667. The SMILES string of the molecule is NC(=O)c1ccccc1OS(=O)(=O)c1cc2c(cc1Cl)NC(=O)CO2. The van der Waals surface area contributed by atoms with Gasteiger partial charge in [0.1, 0.15) is 10.6 Å². The molecule has 1 heterocycles. The fourth-order valence-corrected chi connectivity index (χ4v) is 3.65. The third kappa shape index (κ3) is 3.37. The Morgan fingerprint density at radius 1 is 1.28 bits per heavy atom. The molecule has 1 aliphatic rings. The van der Waals surface area contributed by atoms with Crippen LogP contribution in [0.15, 0.2) is 41.3 Å². The Balaban J connectivity index is 2.01. The highest BCUT2D eigenvalue weighted by molar-refractivity contribution is 7.87. The first-order valence-electron chi connectivity index (χ1n) is 6.87. The Bertz CT molecular complexity index is 990. The maximum Gasteiger partial charge on any atom is 0.340 e. The van der Waals surface area contributed by atoms with Gasteiger partial charge in [0.2, 0.25) is 0 Å². The maximum absolute atomic E-state index is 12.5. The molecule has 2 aromatic carbocycles. The van der Waals surface area contributed by atoms with Crippen molar-refractivity contribution in [1.82, 2.24) is 0 Å². The summed E-state index contributed by atoms with van der Waals surface area (Å²) in [5, 5.41) is 2.33. The van der Waals surface area contributed by atoms with Crippen molar-refractivity contribution in [2.24, 2.45) is 5.73 Å². The van der Waals surface area contributed by atoms with E-state index in [0.717, 1.165) is 6.07 Å². The summed E-state index contributed by atoms with van der Waals surface area (Å²) in [6.45, 7) is -0.251. The van der Waals surface area contributed by atoms with Gasteiger partial charge >= 0.3 is 10.1 Å². The second-order valence-corrected chi connectivity index (χ2v) is 6.94. The Hall–Kier alpha value is -2.78. The van der Waals surface area contributed by atoms with Crippen LogP contribution < -0.4 is 20.0 Å². The van der Waals surface area contributed by atoms with E-state index in [0.29, 0.717) is 0 Å². The van der Waals surface area contributed by atoms with Gasteiger partial charge in [0, 0.05) is 6.07 Å². The molecule has 0 fully saturated rings. The second kappa shape index (κ2) is 6.26. The van der Waals surface area contributed by atoms with E-state index in [1.54, 1.807) is 0 Å². The van der Waals surface area contributed by atoms with E-state index in [2.05, 4.69) is 5.32 Å². The molecule has 2 amide bonds. The zero-order valence-corrected chi connectivity index (χ0v) is 14.1. The standard InChI is InChI=1S/C15H11ClN2O6S/c16-9-5-10-12(23-7-14(19)18-10)6-13(9)25(21,22)24-11-4-2-1-3-8(11)15(17)20/h1-6H,7H2,(H2,17,20)(H,18,19). The van der Waals surface area contributed by atoms with Gasteiger partial charge in [-0.1, -0.05) is 23.7 Å². The average molecular weight is 383 g/mol. The lowest BCUT2D eigenvalue weighted by atomic mass is 10.2. The lowest BCUT2D eigenvalue weighted by molar-refractivity contribution is -0.118. The predicted molar refractivity (Wildman–Crippen MR) is 88.4 cm³/mol. The maximum atomic E-state index is 12.5. The lowest BCUT2D eigenvalue weighted by Gasteiger charge is -2.19. The number of ether oxygens (including phenoxy) is 1. The molecule has 3 rings (SSSR count). The summed E-state index contributed by atoms with van der Waals surface area (Å²) in [5.74, 6) is -1.31. The molecule has 1 aliphatic heterocycles. The third-order valence-corrected chi connectivity index (χ3v) is 4.99. The number of rotatable bonds is 4. The van der Waals surface area contributed by atoms with E-state index in [1.807, 2.05) is 0 Å². The van der Waals surface area contributed by atoms with Crippen LogP contribution in [0.5, 0.6) is 11.5 Å². The van der Waals surface area contributed by atoms with Crippen molar-refractivity contribution >= 4 is 39.2 Å². The molecule has 8 nitrogen and oxygen atoms in total. The van der Waals surface area contributed by atoms with Crippen LogP contribution in [0.3, 0.4) is 0 Å². The van der Waals surface area contributed by atoms with Gasteiger partial charge in [-0.05, 0) is 18.2 Å². The number of primary amides is 1. The zero-order chi connectivity index (χ0) is 18.2. The van der Waals surface area contributed by atoms with Crippen LogP contribution in [0.1, 0.15) is 10.4 Å². The normalized spacial score (nSPS) is 13.4. The van der Waals surface area contributed by atoms with E-state index >= 15 is 0 Å². The summed E-state index contributed by atoms with van der Waals surface area (Å²) in [6, 6.07) is 8.01. The number of anilines is 1. The minimum absolute atomic E-state index is 0.0938. The minimum atomic E-state index is -4.38. The number of para-hydroxylation sites is 1. The molecule has 0 saturated heterocycles. The van der Waals surface area contributed by atoms with E-state index < -0.39 is 16.0 Å². The number of nitrogens with two attached hydrogens (primary N) is 1. The van der Waals surface area contributed by atoms with Crippen molar-refractivity contribution in [2.45, 2.75) is 4.90 Å². The first-order valence-corrected chi connectivity index (χ1v) is 8.66. The van der Waals surface area contributed by atoms with Crippen molar-refractivity contribution < 1.29 is 26.9 Å². The van der Waals surface area contributed by atoms with Crippen LogP contribution in [0.4, 0.5) is 5.69 Å². The molecule has 130 valence electrons. The summed E-state index contributed by atoms with van der Waals surface area (Å²) >= 11 is 6.00. The van der Waals surface area contributed by atoms with Gasteiger partial charge in [0.15, 0.2) is 12.4 Å². The van der Waals surface area contributed by atoms with Gasteiger partial charge in [-0.2, -0.15) is 8.42 Å². The number of hydrogen-bond acceptors (Lipinski definition) is 6. The quantitative estimate of drug-likeness (QED) is 0.772. The Labute approximate surface area is 147 Å². The van der Waals surface area contributed by atoms with Crippen molar-refractivity contribution in [2.75, 3.05) is 11.9 Å². The van der Waals surface area contributed by atoms with Crippen LogP contribution in [0.2, 0.25) is 5.02 Å². The van der Waals surface area contributed by atoms with E-state index in [9.17, 15) is 18.0 Å². The summed E-state index contributed by atoms with van der Waals surface area (Å²) in [7, 11) is -4.38. The molecule has 2 aromatic rings. The zero-order valence-electron chi connectivity index (χ0n) is 12.5. The van der Waals surface area contributed by atoms with Gasteiger partial charge in [-0.3, -0.25) is 9.59 Å². The summed E-state index contributed by atoms with van der Waals surface area (Å²) < 4.78 is 35.3. The number of nitrogens with one attached hydrogen (secondary N) is 1. The smallest absolute Gasteiger partial charge is 0.340 e. The Morgan fingerprint density at radius 2 is 2.00 bits per heavy atom. The van der Waals surface area contributed by atoms with E-state index in [-0.39, 0.29) is 45.2 Å². The Kier molecular flexibility index (Phi) is 4.27. The number of halogens is 1. The van der Waals surface area contributed by atoms with Gasteiger partial charge in [0.25, 0.3) is 11.8 Å². The molecule has 0 aromatic heterocycles. The van der Waals surface area contributed by atoms with E-state index in [1.165, 1.54) is 30.3 Å². The van der Waals surface area contributed by atoms with Crippen LogP contribution in [-0.4, -0.2) is 26.8 Å². The topological polar surface area (TPSA) is 125 Å². The van der Waals surface area contributed by atoms with Gasteiger partial charge in [-0.25, -0.2) is 0 Å².